The molecular weight excluding hydrogens is 192 g/mol. The second-order valence-electron chi connectivity index (χ2n) is 5.31. The summed E-state index contributed by atoms with van der Waals surface area (Å²) in [5, 5.41) is 0. The fraction of sp³-hybridized carbons (Fsp3) is 0.917. The van der Waals surface area contributed by atoms with E-state index in [1.165, 1.54) is 0 Å². The molecule has 3 unspecified atom stereocenters. The van der Waals surface area contributed by atoms with Crippen LogP contribution in [0.3, 0.4) is 0 Å². The minimum absolute atomic E-state index is 0.158. The Morgan fingerprint density at radius 2 is 2.13 bits per heavy atom. The first-order chi connectivity index (χ1) is 7.04. The predicted molar refractivity (Wildman–Crippen MR) is 56.7 cm³/mol. The van der Waals surface area contributed by atoms with E-state index in [0.717, 1.165) is 12.8 Å². The Morgan fingerprint density at radius 3 is 2.73 bits per heavy atom. The number of Topliss-reactive ketones (excluding diaryl/α,β-unsaturated/α-hetero) is 1. The quantitative estimate of drug-likeness (QED) is 0.715. The lowest BCUT2D eigenvalue weighted by atomic mass is 9.79. The van der Waals surface area contributed by atoms with E-state index in [-0.39, 0.29) is 23.4 Å². The van der Waals surface area contributed by atoms with Crippen LogP contribution in [0.25, 0.3) is 0 Å². The first-order valence-corrected chi connectivity index (χ1v) is 5.82. The summed E-state index contributed by atoms with van der Waals surface area (Å²) in [5.74, 6) is 0.546. The second kappa shape index (κ2) is 3.87. The lowest BCUT2D eigenvalue weighted by Gasteiger charge is -2.26. The average Bonchev–Trinajstić information content (AvgIpc) is 2.52. The van der Waals surface area contributed by atoms with Crippen LogP contribution in [0.4, 0.5) is 0 Å². The molecule has 2 rings (SSSR count). The Morgan fingerprint density at radius 1 is 1.40 bits per heavy atom. The van der Waals surface area contributed by atoms with Crippen LogP contribution in [-0.4, -0.2) is 31.2 Å². The zero-order valence-electron chi connectivity index (χ0n) is 9.79. The van der Waals surface area contributed by atoms with E-state index in [4.69, 9.17) is 9.47 Å². The summed E-state index contributed by atoms with van der Waals surface area (Å²) >= 11 is 0. The van der Waals surface area contributed by atoms with Gasteiger partial charge in [-0.2, -0.15) is 0 Å². The predicted octanol–water partition coefficient (Wildman–Crippen LogP) is 1.80. The van der Waals surface area contributed by atoms with E-state index in [1.54, 1.807) is 0 Å². The van der Waals surface area contributed by atoms with E-state index in [2.05, 4.69) is 6.92 Å². The van der Waals surface area contributed by atoms with Crippen molar-refractivity contribution in [2.24, 2.45) is 11.3 Å². The van der Waals surface area contributed by atoms with Gasteiger partial charge < -0.3 is 9.47 Å². The molecule has 2 aliphatic rings. The van der Waals surface area contributed by atoms with Gasteiger partial charge in [0.1, 0.15) is 6.10 Å². The highest BCUT2D eigenvalue weighted by molar-refractivity contribution is 5.88. The highest BCUT2D eigenvalue weighted by Gasteiger charge is 2.46. The highest BCUT2D eigenvalue weighted by Crippen LogP contribution is 2.36. The van der Waals surface area contributed by atoms with Gasteiger partial charge in [-0.3, -0.25) is 4.79 Å². The SMILES string of the molecule is CCC(C)(C)C(=O)C1OC2COCC1C2. The van der Waals surface area contributed by atoms with E-state index < -0.39 is 0 Å². The lowest BCUT2D eigenvalue weighted by Crippen LogP contribution is -2.38. The minimum Gasteiger partial charge on any atom is -0.378 e. The molecule has 0 aliphatic carbocycles. The third-order valence-electron chi connectivity index (χ3n) is 3.78. The van der Waals surface area contributed by atoms with Gasteiger partial charge in [0.2, 0.25) is 0 Å². The van der Waals surface area contributed by atoms with Crippen molar-refractivity contribution >= 4 is 5.78 Å². The third-order valence-corrected chi connectivity index (χ3v) is 3.78. The van der Waals surface area contributed by atoms with Crippen LogP contribution in [0, 0.1) is 11.3 Å². The van der Waals surface area contributed by atoms with Gasteiger partial charge in [0.15, 0.2) is 5.78 Å². The first-order valence-electron chi connectivity index (χ1n) is 5.82. The fourth-order valence-corrected chi connectivity index (χ4v) is 2.28. The van der Waals surface area contributed by atoms with Gasteiger partial charge in [-0.05, 0) is 12.8 Å². The molecule has 15 heavy (non-hydrogen) atoms. The van der Waals surface area contributed by atoms with Gasteiger partial charge in [-0.15, -0.1) is 0 Å². The molecule has 0 aromatic carbocycles. The fourth-order valence-electron chi connectivity index (χ4n) is 2.28. The number of ketones is 1. The van der Waals surface area contributed by atoms with Crippen molar-refractivity contribution in [2.75, 3.05) is 13.2 Å². The summed E-state index contributed by atoms with van der Waals surface area (Å²) in [7, 11) is 0. The first kappa shape index (κ1) is 11.1. The standard InChI is InChI=1S/C12H20O3/c1-4-12(2,3)11(13)10-8-5-9(15-10)7-14-6-8/h8-10H,4-7H2,1-3H3. The Balaban J connectivity index is 2.08. The van der Waals surface area contributed by atoms with E-state index in [9.17, 15) is 4.79 Å². The van der Waals surface area contributed by atoms with Gasteiger partial charge in [0.25, 0.3) is 0 Å². The Bertz CT molecular complexity index is 260. The van der Waals surface area contributed by atoms with Crippen LogP contribution < -0.4 is 0 Å². The van der Waals surface area contributed by atoms with Crippen molar-refractivity contribution in [3.63, 3.8) is 0 Å². The number of ether oxygens (including phenoxy) is 2. The molecule has 0 aromatic rings. The van der Waals surface area contributed by atoms with Crippen molar-refractivity contribution < 1.29 is 14.3 Å². The average molecular weight is 212 g/mol. The zero-order valence-corrected chi connectivity index (χ0v) is 9.79. The van der Waals surface area contributed by atoms with Crippen LogP contribution >= 0.6 is 0 Å². The third kappa shape index (κ3) is 1.95. The van der Waals surface area contributed by atoms with Crippen molar-refractivity contribution in [1.82, 2.24) is 0 Å². The monoisotopic (exact) mass is 212 g/mol. The van der Waals surface area contributed by atoms with Crippen molar-refractivity contribution in [3.05, 3.63) is 0 Å². The number of hydrogen-bond donors (Lipinski definition) is 0. The van der Waals surface area contributed by atoms with Crippen LogP contribution in [0.15, 0.2) is 0 Å². The molecule has 0 amide bonds. The number of carbonyl (C=O) groups is 1. The maximum absolute atomic E-state index is 12.3. The molecular formula is C12H20O3. The molecule has 2 heterocycles. The zero-order chi connectivity index (χ0) is 11.1. The summed E-state index contributed by atoms with van der Waals surface area (Å²) < 4.78 is 11.2. The van der Waals surface area contributed by atoms with Crippen LogP contribution in [-0.2, 0) is 14.3 Å². The molecule has 0 radical (unpaired) electrons. The molecule has 86 valence electrons. The van der Waals surface area contributed by atoms with E-state index >= 15 is 0 Å². The van der Waals surface area contributed by atoms with Crippen LogP contribution in [0.5, 0.6) is 0 Å². The van der Waals surface area contributed by atoms with Crippen molar-refractivity contribution in [1.29, 1.82) is 0 Å². The van der Waals surface area contributed by atoms with Crippen molar-refractivity contribution in [2.45, 2.75) is 45.8 Å². The molecule has 0 N–H and O–H groups in total. The maximum Gasteiger partial charge on any atom is 0.167 e. The molecule has 3 atom stereocenters. The van der Waals surface area contributed by atoms with Gasteiger partial charge >= 0.3 is 0 Å². The van der Waals surface area contributed by atoms with Gasteiger partial charge in [-0.1, -0.05) is 20.8 Å². The number of carbonyl (C=O) groups excluding carboxylic acids is 1. The molecule has 0 spiro atoms. The van der Waals surface area contributed by atoms with Crippen LogP contribution in [0.2, 0.25) is 0 Å². The molecule has 2 bridgehead atoms. The molecule has 0 saturated carbocycles. The normalized spacial score (nSPS) is 35.5. The maximum atomic E-state index is 12.3. The Labute approximate surface area is 91.1 Å². The summed E-state index contributed by atoms with van der Waals surface area (Å²) in [6.45, 7) is 7.40. The van der Waals surface area contributed by atoms with Crippen molar-refractivity contribution in [3.8, 4) is 0 Å². The van der Waals surface area contributed by atoms with E-state index in [1.807, 2.05) is 13.8 Å². The largest absolute Gasteiger partial charge is 0.378 e. The summed E-state index contributed by atoms with van der Waals surface area (Å²) in [5.41, 5.74) is -0.262. The van der Waals surface area contributed by atoms with Gasteiger partial charge in [-0.25, -0.2) is 0 Å². The topological polar surface area (TPSA) is 35.5 Å². The highest BCUT2D eigenvalue weighted by atomic mass is 16.6. The number of rotatable bonds is 3. The Kier molecular flexibility index (Phi) is 2.86. The molecule has 0 aromatic heterocycles. The van der Waals surface area contributed by atoms with Gasteiger partial charge in [0.05, 0.1) is 19.3 Å². The summed E-state index contributed by atoms with van der Waals surface area (Å²) in [6.07, 6.45) is 1.80. The summed E-state index contributed by atoms with van der Waals surface area (Å²) in [6, 6.07) is 0. The van der Waals surface area contributed by atoms with Crippen LogP contribution in [0.1, 0.15) is 33.6 Å². The lowest BCUT2D eigenvalue weighted by molar-refractivity contribution is -0.139. The molecule has 3 heteroatoms. The number of fused-ring (bicyclic) bond motifs is 2. The minimum atomic E-state index is -0.262. The molecule has 2 saturated heterocycles. The number of hydrogen-bond acceptors (Lipinski definition) is 3. The Hall–Kier alpha value is -0.410. The molecule has 3 nitrogen and oxygen atoms in total. The van der Waals surface area contributed by atoms with E-state index in [0.29, 0.717) is 19.1 Å². The second-order valence-corrected chi connectivity index (χ2v) is 5.31. The summed E-state index contributed by atoms with van der Waals surface area (Å²) in [4.78, 5) is 12.3. The van der Waals surface area contributed by atoms with Gasteiger partial charge in [0, 0.05) is 11.3 Å². The smallest absolute Gasteiger partial charge is 0.167 e. The molecule has 2 aliphatic heterocycles. The molecule has 2 fully saturated rings.